The fourth-order valence-electron chi connectivity index (χ4n) is 3.70. The van der Waals surface area contributed by atoms with Crippen molar-refractivity contribution in [3.05, 3.63) is 86.7 Å². The minimum atomic E-state index is -4.85. The zero-order chi connectivity index (χ0) is 26.9. The molecule has 0 amide bonds. The van der Waals surface area contributed by atoms with Gasteiger partial charge in [0, 0.05) is 30.1 Å². The van der Waals surface area contributed by atoms with Crippen molar-refractivity contribution >= 4 is 27.6 Å². The molecular formula is C25H20F3N3O5S. The molecule has 0 aliphatic carbocycles. The summed E-state index contributed by atoms with van der Waals surface area (Å²) in [7, 11) is 2.24. The first-order chi connectivity index (χ1) is 17.5. The third kappa shape index (κ3) is 5.19. The van der Waals surface area contributed by atoms with E-state index in [4.69, 9.17) is 4.74 Å². The average molecular weight is 532 g/mol. The lowest BCUT2D eigenvalue weighted by Gasteiger charge is -2.14. The summed E-state index contributed by atoms with van der Waals surface area (Å²) in [5.41, 5.74) is -1.26. The minimum absolute atomic E-state index is 0.117. The number of halogens is 3. The highest BCUT2D eigenvalue weighted by Crippen LogP contribution is 2.35. The molecule has 2 aromatic carbocycles. The van der Waals surface area contributed by atoms with Crippen LogP contribution in [0.5, 0.6) is 5.75 Å². The van der Waals surface area contributed by atoms with Crippen molar-refractivity contribution in [3.63, 3.8) is 0 Å². The summed E-state index contributed by atoms with van der Waals surface area (Å²) < 4.78 is 56.3. The van der Waals surface area contributed by atoms with Crippen LogP contribution in [0.2, 0.25) is 0 Å². The first-order valence-electron chi connectivity index (χ1n) is 10.8. The Bertz CT molecular complexity index is 1650. The number of nitrogens with zero attached hydrogens (tertiary/aromatic N) is 3. The van der Waals surface area contributed by atoms with Crippen LogP contribution in [-0.2, 0) is 22.8 Å². The van der Waals surface area contributed by atoms with Crippen molar-refractivity contribution in [2.45, 2.75) is 13.1 Å². The molecule has 8 nitrogen and oxygen atoms in total. The molecule has 0 N–H and O–H groups in total. The quantitative estimate of drug-likeness (QED) is 0.273. The highest BCUT2D eigenvalue weighted by Gasteiger charge is 2.35. The number of fused-ring (bicyclic) bond motifs is 1. The Balaban J connectivity index is 1.76. The molecule has 2 heterocycles. The number of aryl methyl sites for hydroxylation is 1. The SMILES string of the molecule is COC(=O)C=CCOc1ccc(C)c(-c2nsc3ccc(-n4c(=O)cc(C(F)(F)F)n(C)c4=O)cc23)c1. The normalized spacial score (nSPS) is 11.8. The van der Waals surface area contributed by atoms with Gasteiger partial charge in [-0.25, -0.2) is 14.2 Å². The Labute approximate surface area is 212 Å². The highest BCUT2D eigenvalue weighted by atomic mass is 32.1. The lowest BCUT2D eigenvalue weighted by Crippen LogP contribution is -2.40. The molecule has 0 bridgehead atoms. The molecular weight excluding hydrogens is 511 g/mol. The molecule has 12 heteroatoms. The van der Waals surface area contributed by atoms with Gasteiger partial charge < -0.3 is 9.47 Å². The number of hydrogen-bond donors (Lipinski definition) is 0. The first-order valence-corrected chi connectivity index (χ1v) is 11.6. The van der Waals surface area contributed by atoms with Gasteiger partial charge in [-0.15, -0.1) is 0 Å². The topological polar surface area (TPSA) is 92.4 Å². The monoisotopic (exact) mass is 531 g/mol. The van der Waals surface area contributed by atoms with Crippen molar-refractivity contribution in [2.75, 3.05) is 13.7 Å². The number of benzene rings is 2. The van der Waals surface area contributed by atoms with Gasteiger partial charge in [-0.1, -0.05) is 6.07 Å². The fourth-order valence-corrected chi connectivity index (χ4v) is 4.47. The van der Waals surface area contributed by atoms with Gasteiger partial charge in [-0.2, -0.15) is 17.5 Å². The van der Waals surface area contributed by atoms with Crippen molar-refractivity contribution in [1.82, 2.24) is 13.5 Å². The van der Waals surface area contributed by atoms with Crippen molar-refractivity contribution < 1.29 is 27.4 Å². The number of ether oxygens (including phenoxy) is 2. The molecule has 0 fully saturated rings. The number of carbonyl (C=O) groups excluding carboxylic acids is 1. The summed E-state index contributed by atoms with van der Waals surface area (Å²) in [4.78, 5) is 36.5. The molecule has 192 valence electrons. The van der Waals surface area contributed by atoms with Crippen LogP contribution >= 0.6 is 11.5 Å². The van der Waals surface area contributed by atoms with Crippen LogP contribution in [-0.4, -0.2) is 33.2 Å². The summed E-state index contributed by atoms with van der Waals surface area (Å²) in [6.45, 7) is 2.00. The standard InChI is InChI=1S/C25H20F3N3O5S/c1-14-6-8-16(36-10-4-5-22(33)35-3)12-17(14)23-18-11-15(7-9-19(18)37-29-23)31-21(32)13-20(25(26,27)28)30(2)24(31)34/h4-9,11-13H,10H2,1-3H3. The van der Waals surface area contributed by atoms with Crippen molar-refractivity contribution in [2.24, 2.45) is 7.05 Å². The van der Waals surface area contributed by atoms with Crippen LogP contribution in [0.1, 0.15) is 11.3 Å². The van der Waals surface area contributed by atoms with Gasteiger partial charge >= 0.3 is 17.8 Å². The summed E-state index contributed by atoms with van der Waals surface area (Å²) in [6.07, 6.45) is -2.09. The highest BCUT2D eigenvalue weighted by molar-refractivity contribution is 7.13. The van der Waals surface area contributed by atoms with E-state index in [2.05, 4.69) is 9.11 Å². The van der Waals surface area contributed by atoms with Crippen molar-refractivity contribution in [1.29, 1.82) is 0 Å². The van der Waals surface area contributed by atoms with Crippen LogP contribution in [0.25, 0.3) is 27.0 Å². The number of esters is 1. The van der Waals surface area contributed by atoms with Crippen LogP contribution in [0.15, 0.2) is 64.2 Å². The Morgan fingerprint density at radius 3 is 2.59 bits per heavy atom. The number of rotatable bonds is 6. The second-order valence-electron chi connectivity index (χ2n) is 7.97. The van der Waals surface area contributed by atoms with Gasteiger partial charge in [-0.3, -0.25) is 9.36 Å². The second-order valence-corrected chi connectivity index (χ2v) is 8.77. The molecule has 0 saturated heterocycles. The van der Waals surface area contributed by atoms with Gasteiger partial charge in [0.05, 0.1) is 23.2 Å². The molecule has 0 aliphatic heterocycles. The van der Waals surface area contributed by atoms with E-state index in [0.29, 0.717) is 32.0 Å². The summed E-state index contributed by atoms with van der Waals surface area (Å²) in [5.74, 6) is 0.0141. The smallest absolute Gasteiger partial charge is 0.431 e. The number of carbonyl (C=O) groups is 1. The van der Waals surface area contributed by atoms with Crippen LogP contribution in [0.3, 0.4) is 0 Å². The van der Waals surface area contributed by atoms with Crippen LogP contribution in [0, 0.1) is 6.92 Å². The van der Waals surface area contributed by atoms with Gasteiger partial charge in [0.2, 0.25) is 0 Å². The Morgan fingerprint density at radius 2 is 1.89 bits per heavy atom. The summed E-state index contributed by atoms with van der Waals surface area (Å²) >= 11 is 1.20. The van der Waals surface area contributed by atoms with E-state index in [1.165, 1.54) is 36.9 Å². The maximum atomic E-state index is 13.2. The largest absolute Gasteiger partial charge is 0.490 e. The lowest BCUT2D eigenvalue weighted by atomic mass is 10.0. The summed E-state index contributed by atoms with van der Waals surface area (Å²) in [6, 6.07) is 10.5. The van der Waals surface area contributed by atoms with Crippen LogP contribution in [0.4, 0.5) is 13.2 Å². The second kappa shape index (κ2) is 10.1. The fraction of sp³-hybridized carbons (Fsp3) is 0.200. The number of methoxy groups -OCH3 is 1. The Hall–Kier alpha value is -4.19. The van der Waals surface area contributed by atoms with Gasteiger partial charge in [0.25, 0.3) is 5.56 Å². The number of aromatic nitrogens is 3. The molecule has 4 aromatic rings. The van der Waals surface area contributed by atoms with Gasteiger partial charge in [0.15, 0.2) is 0 Å². The van der Waals surface area contributed by atoms with Gasteiger partial charge in [0.1, 0.15) is 18.1 Å². The molecule has 0 saturated carbocycles. The van der Waals surface area contributed by atoms with E-state index in [-0.39, 0.29) is 12.3 Å². The third-order valence-electron chi connectivity index (χ3n) is 5.59. The van der Waals surface area contributed by atoms with E-state index in [0.717, 1.165) is 22.9 Å². The van der Waals surface area contributed by atoms with Crippen LogP contribution < -0.4 is 16.0 Å². The number of hydrogen-bond acceptors (Lipinski definition) is 7. The van der Waals surface area contributed by atoms with E-state index < -0.39 is 29.1 Å². The minimum Gasteiger partial charge on any atom is -0.490 e. The third-order valence-corrected chi connectivity index (χ3v) is 6.41. The maximum Gasteiger partial charge on any atom is 0.431 e. The predicted octanol–water partition coefficient (Wildman–Crippen LogP) is 4.25. The molecule has 0 radical (unpaired) electrons. The maximum absolute atomic E-state index is 13.2. The molecule has 0 atom stereocenters. The van der Waals surface area contributed by atoms with E-state index >= 15 is 0 Å². The first kappa shape index (κ1) is 25.9. The number of alkyl halides is 3. The lowest BCUT2D eigenvalue weighted by molar-refractivity contribution is -0.144. The average Bonchev–Trinajstić information content (AvgIpc) is 3.27. The molecule has 4 rings (SSSR count). The van der Waals surface area contributed by atoms with E-state index in [1.54, 1.807) is 24.3 Å². The Morgan fingerprint density at radius 1 is 1.14 bits per heavy atom. The van der Waals surface area contributed by atoms with Gasteiger partial charge in [-0.05, 0) is 60.4 Å². The van der Waals surface area contributed by atoms with Crippen molar-refractivity contribution in [3.8, 4) is 22.7 Å². The van der Waals surface area contributed by atoms with E-state index in [9.17, 15) is 27.6 Å². The predicted molar refractivity (Wildman–Crippen MR) is 132 cm³/mol. The zero-order valence-corrected chi connectivity index (χ0v) is 20.6. The molecule has 2 aromatic heterocycles. The van der Waals surface area contributed by atoms with E-state index in [1.807, 2.05) is 13.0 Å². The Kier molecular flexibility index (Phi) is 7.03. The molecule has 0 spiro atoms. The molecule has 0 unspecified atom stereocenters. The zero-order valence-electron chi connectivity index (χ0n) is 19.8. The molecule has 37 heavy (non-hydrogen) atoms. The molecule has 0 aliphatic rings. The summed E-state index contributed by atoms with van der Waals surface area (Å²) in [5, 5.41) is 0.613.